The first-order valence-electron chi connectivity index (χ1n) is 13.6. The molecule has 4 fully saturated rings. The van der Waals surface area contributed by atoms with E-state index < -0.39 is 6.09 Å². The molecule has 3 heterocycles. The quantitative estimate of drug-likeness (QED) is 0.396. The predicted molar refractivity (Wildman–Crippen MR) is 143 cm³/mol. The van der Waals surface area contributed by atoms with E-state index in [4.69, 9.17) is 14.9 Å². The number of aliphatic hydroxyl groups excluding tert-OH is 1. The van der Waals surface area contributed by atoms with Gasteiger partial charge in [0.2, 0.25) is 5.91 Å². The molecule has 4 aliphatic rings. The number of amides is 2. The molecule has 36 heavy (non-hydrogen) atoms. The number of ether oxygens (including phenoxy) is 1. The van der Waals surface area contributed by atoms with Crippen LogP contribution in [0.5, 0.6) is 0 Å². The van der Waals surface area contributed by atoms with E-state index in [2.05, 4.69) is 31.7 Å². The van der Waals surface area contributed by atoms with Gasteiger partial charge in [-0.1, -0.05) is 30.9 Å². The van der Waals surface area contributed by atoms with Gasteiger partial charge in [-0.25, -0.2) is 4.79 Å². The van der Waals surface area contributed by atoms with Crippen LogP contribution in [0.25, 0.3) is 0 Å². The molecule has 2 amide bonds. The van der Waals surface area contributed by atoms with E-state index in [-0.39, 0.29) is 16.9 Å². The molecule has 3 aliphatic heterocycles. The van der Waals surface area contributed by atoms with Crippen LogP contribution in [-0.2, 0) is 9.53 Å². The Morgan fingerprint density at radius 2 is 1.64 bits per heavy atom. The van der Waals surface area contributed by atoms with Crippen LogP contribution in [0, 0.1) is 17.3 Å². The van der Waals surface area contributed by atoms with Crippen molar-refractivity contribution >= 4 is 12.0 Å². The SMILES string of the molecule is CC(C)=CCC1OC1(C)C1CCCCC1.CN(C)C(=O)C1(C)CN(CCC2CN(C(=O)O)C2)C1.CO. The summed E-state index contributed by atoms with van der Waals surface area (Å²) in [7, 11) is 4.59. The van der Waals surface area contributed by atoms with Gasteiger partial charge in [0.05, 0.1) is 17.1 Å². The smallest absolute Gasteiger partial charge is 0.407 e. The molecule has 0 bridgehead atoms. The van der Waals surface area contributed by atoms with Gasteiger partial charge in [0.1, 0.15) is 0 Å². The van der Waals surface area contributed by atoms with Crippen LogP contribution in [0.2, 0.25) is 0 Å². The van der Waals surface area contributed by atoms with Crippen molar-refractivity contribution in [3.8, 4) is 0 Å². The average Bonchev–Trinajstić information content (AvgIpc) is 3.48. The average molecular weight is 510 g/mol. The number of carboxylic acid groups (broad SMARTS) is 1. The number of nitrogens with zero attached hydrogens (tertiary/aromatic N) is 3. The molecular weight excluding hydrogens is 458 g/mol. The number of allylic oxidation sites excluding steroid dienone is 1. The van der Waals surface area contributed by atoms with Gasteiger partial charge < -0.3 is 29.6 Å². The van der Waals surface area contributed by atoms with E-state index in [9.17, 15) is 9.59 Å². The highest BCUT2D eigenvalue weighted by molar-refractivity contribution is 5.83. The molecule has 1 aliphatic carbocycles. The molecule has 0 spiro atoms. The van der Waals surface area contributed by atoms with Gasteiger partial charge in [-0.2, -0.15) is 0 Å². The number of hydrogen-bond donors (Lipinski definition) is 2. The van der Waals surface area contributed by atoms with Gasteiger partial charge in [0, 0.05) is 47.4 Å². The second-order valence-corrected chi connectivity index (χ2v) is 12.0. The molecule has 0 aromatic heterocycles. The predicted octanol–water partition coefficient (Wildman–Crippen LogP) is 4.09. The minimum absolute atomic E-state index is 0.199. The molecule has 0 aromatic carbocycles. The molecule has 8 nitrogen and oxygen atoms in total. The van der Waals surface area contributed by atoms with Crippen molar-refractivity contribution < 1.29 is 24.5 Å². The van der Waals surface area contributed by atoms with E-state index in [1.807, 2.05) is 6.92 Å². The molecule has 2 N–H and O–H groups in total. The molecule has 8 heteroatoms. The number of likely N-dealkylation sites (tertiary alicyclic amines) is 2. The van der Waals surface area contributed by atoms with Crippen molar-refractivity contribution in [1.82, 2.24) is 14.7 Å². The summed E-state index contributed by atoms with van der Waals surface area (Å²) in [5, 5.41) is 15.7. The second kappa shape index (κ2) is 13.2. The van der Waals surface area contributed by atoms with Gasteiger partial charge in [0.25, 0.3) is 0 Å². The molecule has 0 radical (unpaired) electrons. The Morgan fingerprint density at radius 1 is 1.06 bits per heavy atom. The lowest BCUT2D eigenvalue weighted by molar-refractivity contribution is -0.148. The lowest BCUT2D eigenvalue weighted by Crippen LogP contribution is -2.62. The first-order chi connectivity index (χ1) is 16.9. The van der Waals surface area contributed by atoms with Crippen LogP contribution in [0.1, 0.15) is 72.6 Å². The van der Waals surface area contributed by atoms with Crippen molar-refractivity contribution in [2.24, 2.45) is 17.3 Å². The summed E-state index contributed by atoms with van der Waals surface area (Å²) in [6, 6.07) is 0. The minimum atomic E-state index is -0.815. The second-order valence-electron chi connectivity index (χ2n) is 12.0. The van der Waals surface area contributed by atoms with E-state index in [1.165, 1.54) is 42.6 Å². The van der Waals surface area contributed by atoms with Crippen LogP contribution < -0.4 is 0 Å². The Bertz CT molecular complexity index is 748. The third-order valence-corrected chi connectivity index (χ3v) is 8.28. The van der Waals surface area contributed by atoms with Gasteiger partial charge >= 0.3 is 6.09 Å². The van der Waals surface area contributed by atoms with Crippen molar-refractivity contribution in [2.45, 2.75) is 84.3 Å². The lowest BCUT2D eigenvalue weighted by Gasteiger charge is -2.48. The summed E-state index contributed by atoms with van der Waals surface area (Å²) in [6.45, 7) is 12.6. The lowest BCUT2D eigenvalue weighted by atomic mass is 9.78. The summed E-state index contributed by atoms with van der Waals surface area (Å²) in [6.07, 6.45) is 11.2. The van der Waals surface area contributed by atoms with Crippen LogP contribution in [0.3, 0.4) is 0 Å². The summed E-state index contributed by atoms with van der Waals surface area (Å²) in [5.74, 6) is 1.53. The highest BCUT2D eigenvalue weighted by Crippen LogP contribution is 2.50. The third kappa shape index (κ3) is 7.93. The first kappa shape index (κ1) is 30.6. The van der Waals surface area contributed by atoms with Crippen LogP contribution in [0.4, 0.5) is 4.79 Å². The Labute approximate surface area is 218 Å². The zero-order valence-electron chi connectivity index (χ0n) is 23.8. The summed E-state index contributed by atoms with van der Waals surface area (Å²) in [4.78, 5) is 28.0. The van der Waals surface area contributed by atoms with Crippen LogP contribution in [0.15, 0.2) is 11.6 Å². The fourth-order valence-corrected chi connectivity index (χ4v) is 5.98. The van der Waals surface area contributed by atoms with Crippen molar-refractivity contribution in [3.05, 3.63) is 11.6 Å². The zero-order chi connectivity index (χ0) is 27.1. The van der Waals surface area contributed by atoms with Crippen LogP contribution in [-0.4, -0.2) is 103 Å². The third-order valence-electron chi connectivity index (χ3n) is 8.28. The van der Waals surface area contributed by atoms with E-state index in [1.54, 1.807) is 19.0 Å². The van der Waals surface area contributed by atoms with E-state index >= 15 is 0 Å². The Morgan fingerprint density at radius 3 is 2.14 bits per heavy atom. The van der Waals surface area contributed by atoms with Crippen molar-refractivity contribution in [3.63, 3.8) is 0 Å². The highest BCUT2D eigenvalue weighted by atomic mass is 16.6. The fraction of sp³-hybridized carbons (Fsp3) is 0.857. The van der Waals surface area contributed by atoms with Crippen molar-refractivity contribution in [2.75, 3.05) is 53.9 Å². The number of aliphatic hydroxyl groups is 1. The molecule has 3 saturated heterocycles. The highest BCUT2D eigenvalue weighted by Gasteiger charge is 2.56. The molecule has 0 aromatic rings. The van der Waals surface area contributed by atoms with E-state index in [0.717, 1.165) is 45.5 Å². The minimum Gasteiger partial charge on any atom is -0.465 e. The summed E-state index contributed by atoms with van der Waals surface area (Å²) >= 11 is 0. The molecular formula is C28H51N3O5. The molecule has 2 atom stereocenters. The van der Waals surface area contributed by atoms with Crippen molar-refractivity contribution in [1.29, 1.82) is 0 Å². The summed E-state index contributed by atoms with van der Waals surface area (Å²) in [5.41, 5.74) is 1.42. The monoisotopic (exact) mass is 509 g/mol. The maximum atomic E-state index is 11.9. The molecule has 1 saturated carbocycles. The molecule has 4 rings (SSSR count). The summed E-state index contributed by atoms with van der Waals surface area (Å²) < 4.78 is 5.95. The number of hydrogen-bond acceptors (Lipinski definition) is 5. The largest absolute Gasteiger partial charge is 0.465 e. The first-order valence-corrected chi connectivity index (χ1v) is 13.6. The number of carbonyl (C=O) groups is 2. The van der Waals surface area contributed by atoms with E-state index in [0.29, 0.717) is 25.1 Å². The number of epoxide rings is 1. The van der Waals surface area contributed by atoms with Gasteiger partial charge in [-0.05, 0) is 71.8 Å². The maximum absolute atomic E-state index is 11.9. The van der Waals surface area contributed by atoms with Crippen LogP contribution >= 0.6 is 0 Å². The topological polar surface area (TPSA) is 96.9 Å². The number of rotatable bonds is 7. The Balaban J connectivity index is 0.000000243. The number of carbonyl (C=O) groups excluding carboxylic acids is 1. The Kier molecular flexibility index (Phi) is 11.3. The molecule has 2 unspecified atom stereocenters. The zero-order valence-corrected chi connectivity index (χ0v) is 23.8. The van der Waals surface area contributed by atoms with Gasteiger partial charge in [-0.3, -0.25) is 4.79 Å². The Hall–Kier alpha value is -1.64. The molecule has 208 valence electrons. The fourth-order valence-electron chi connectivity index (χ4n) is 5.98. The van der Waals surface area contributed by atoms with Gasteiger partial charge in [0.15, 0.2) is 0 Å². The maximum Gasteiger partial charge on any atom is 0.407 e. The standard InChI is InChI=1S/C14H24O.C13H23N3O3.CH4O/c1-11(2)9-10-13-14(3,15-13)12-7-5-4-6-8-12;1-13(11(17)14(2)3)8-15(9-13)5-4-10-6-16(7-10)12(18)19;1-2/h9,12-13H,4-8,10H2,1-3H3;10H,4-9H2,1-3H3,(H,18,19);2H,1H3. The van der Waals surface area contributed by atoms with Gasteiger partial charge in [-0.15, -0.1) is 0 Å². The normalized spacial score (nSPS) is 27.2.